The first-order valence-corrected chi connectivity index (χ1v) is 4.72. The fourth-order valence-corrected chi connectivity index (χ4v) is 1.49. The summed E-state index contributed by atoms with van der Waals surface area (Å²) in [6.07, 6.45) is 0. The molecule has 0 amide bonds. The minimum Gasteiger partial charge on any atom is -0.504 e. The smallest absolute Gasteiger partial charge is 0.172 e. The molecule has 0 bridgehead atoms. The summed E-state index contributed by atoms with van der Waals surface area (Å²) in [5.41, 5.74) is 6.82. The lowest BCUT2D eigenvalue weighted by Gasteiger charge is -2.09. The van der Waals surface area contributed by atoms with Crippen molar-refractivity contribution in [2.24, 2.45) is 0 Å². The third-order valence-electron chi connectivity index (χ3n) is 2.33. The fourth-order valence-electron chi connectivity index (χ4n) is 1.49. The fraction of sp³-hybridized carbons (Fsp3) is 0.182. The van der Waals surface area contributed by atoms with Crippen molar-refractivity contribution >= 4 is 5.82 Å². The molecule has 0 unspecified atom stereocenters. The Labute approximate surface area is 92.4 Å². The maximum absolute atomic E-state index is 9.83. The van der Waals surface area contributed by atoms with Gasteiger partial charge >= 0.3 is 0 Å². The first-order chi connectivity index (χ1) is 7.63. The molecule has 1 heterocycles. The van der Waals surface area contributed by atoms with E-state index < -0.39 is 0 Å². The van der Waals surface area contributed by atoms with Gasteiger partial charge in [-0.2, -0.15) is 0 Å². The molecule has 0 atom stereocenters. The van der Waals surface area contributed by atoms with Gasteiger partial charge < -0.3 is 20.1 Å². The van der Waals surface area contributed by atoms with Gasteiger partial charge in [-0.05, 0) is 18.6 Å². The van der Waals surface area contributed by atoms with E-state index in [0.717, 1.165) is 5.56 Å². The average molecular weight is 220 g/mol. The van der Waals surface area contributed by atoms with Crippen LogP contribution in [0.1, 0.15) is 5.56 Å². The number of aryl methyl sites for hydroxylation is 1. The second-order valence-corrected chi connectivity index (χ2v) is 3.43. The number of rotatable bonds is 2. The van der Waals surface area contributed by atoms with Gasteiger partial charge in [0.2, 0.25) is 0 Å². The Morgan fingerprint density at radius 1 is 1.44 bits per heavy atom. The van der Waals surface area contributed by atoms with Crippen molar-refractivity contribution < 1.29 is 14.4 Å². The van der Waals surface area contributed by atoms with Crippen LogP contribution in [0.5, 0.6) is 11.5 Å². The molecule has 0 aliphatic rings. The van der Waals surface area contributed by atoms with E-state index in [-0.39, 0.29) is 11.6 Å². The number of anilines is 1. The number of nitrogens with two attached hydrogens (primary N) is 1. The van der Waals surface area contributed by atoms with Crippen LogP contribution in [-0.4, -0.2) is 17.4 Å². The molecule has 5 nitrogen and oxygen atoms in total. The Hall–Kier alpha value is -2.17. The third-order valence-corrected chi connectivity index (χ3v) is 2.33. The van der Waals surface area contributed by atoms with Crippen molar-refractivity contribution in [1.82, 2.24) is 5.16 Å². The molecule has 0 aliphatic heterocycles. The highest BCUT2D eigenvalue weighted by atomic mass is 16.5. The summed E-state index contributed by atoms with van der Waals surface area (Å²) in [7, 11) is 1.48. The van der Waals surface area contributed by atoms with Crippen LogP contribution in [0.3, 0.4) is 0 Å². The lowest BCUT2D eigenvalue weighted by Crippen LogP contribution is -1.89. The Morgan fingerprint density at radius 2 is 2.19 bits per heavy atom. The zero-order valence-corrected chi connectivity index (χ0v) is 9.02. The summed E-state index contributed by atoms with van der Waals surface area (Å²) < 4.78 is 10.2. The number of aromatic nitrogens is 1. The van der Waals surface area contributed by atoms with E-state index in [2.05, 4.69) is 5.16 Å². The highest BCUT2D eigenvalue weighted by molar-refractivity contribution is 5.72. The minimum absolute atomic E-state index is 0.0926. The Morgan fingerprint density at radius 3 is 2.75 bits per heavy atom. The second kappa shape index (κ2) is 3.77. The zero-order valence-electron chi connectivity index (χ0n) is 9.02. The maximum atomic E-state index is 9.83. The van der Waals surface area contributed by atoms with Gasteiger partial charge in [0.1, 0.15) is 0 Å². The summed E-state index contributed by atoms with van der Waals surface area (Å²) in [5.74, 6) is 1.20. The molecule has 0 aliphatic carbocycles. The highest BCUT2D eigenvalue weighted by Gasteiger charge is 2.15. The molecule has 0 fully saturated rings. The van der Waals surface area contributed by atoms with E-state index in [4.69, 9.17) is 15.0 Å². The lowest BCUT2D eigenvalue weighted by molar-refractivity contribution is 0.369. The summed E-state index contributed by atoms with van der Waals surface area (Å²) in [6.45, 7) is 1.79. The van der Waals surface area contributed by atoms with Gasteiger partial charge in [0, 0.05) is 6.07 Å². The zero-order chi connectivity index (χ0) is 11.7. The normalized spacial score (nSPS) is 10.4. The Bertz CT molecular complexity index is 520. The molecule has 16 heavy (non-hydrogen) atoms. The Kier molecular flexibility index (Phi) is 2.44. The van der Waals surface area contributed by atoms with Gasteiger partial charge in [-0.1, -0.05) is 11.2 Å². The number of nitrogens with zero attached hydrogens (tertiary/aromatic N) is 1. The number of phenolic OH excluding ortho intramolecular Hbond substituents is 1. The molecular weight excluding hydrogens is 208 g/mol. The second-order valence-electron chi connectivity index (χ2n) is 3.43. The van der Waals surface area contributed by atoms with Crippen molar-refractivity contribution in [2.45, 2.75) is 6.92 Å². The topological polar surface area (TPSA) is 81.5 Å². The molecule has 0 spiro atoms. The van der Waals surface area contributed by atoms with E-state index >= 15 is 0 Å². The van der Waals surface area contributed by atoms with Gasteiger partial charge in [0.25, 0.3) is 0 Å². The molecule has 0 radical (unpaired) electrons. The van der Waals surface area contributed by atoms with Gasteiger partial charge in [-0.15, -0.1) is 0 Å². The molecule has 0 saturated carbocycles. The summed E-state index contributed by atoms with van der Waals surface area (Å²) in [4.78, 5) is 0. The van der Waals surface area contributed by atoms with Crippen LogP contribution in [0.15, 0.2) is 22.7 Å². The number of aromatic hydroxyl groups is 1. The average Bonchev–Trinajstić information content (AvgIpc) is 2.68. The number of ether oxygens (including phenoxy) is 1. The van der Waals surface area contributed by atoms with Crippen LogP contribution in [-0.2, 0) is 0 Å². The van der Waals surface area contributed by atoms with Crippen molar-refractivity contribution in [3.05, 3.63) is 23.8 Å². The molecule has 0 saturated heterocycles. The van der Waals surface area contributed by atoms with Gasteiger partial charge in [-0.25, -0.2) is 0 Å². The van der Waals surface area contributed by atoms with E-state index in [0.29, 0.717) is 17.1 Å². The van der Waals surface area contributed by atoms with Crippen LogP contribution in [0.25, 0.3) is 11.3 Å². The molecule has 1 aromatic heterocycles. The predicted molar refractivity (Wildman–Crippen MR) is 59.3 cm³/mol. The minimum atomic E-state index is 0.0926. The first-order valence-electron chi connectivity index (χ1n) is 4.72. The summed E-state index contributed by atoms with van der Waals surface area (Å²) >= 11 is 0. The molecule has 84 valence electrons. The third kappa shape index (κ3) is 1.56. The van der Waals surface area contributed by atoms with E-state index in [1.165, 1.54) is 7.11 Å². The monoisotopic (exact) mass is 220 g/mol. The number of benzene rings is 1. The summed E-state index contributed by atoms with van der Waals surface area (Å²) in [6, 6.07) is 5.13. The van der Waals surface area contributed by atoms with Crippen LogP contribution in [0.2, 0.25) is 0 Å². The van der Waals surface area contributed by atoms with Gasteiger partial charge in [-0.3, -0.25) is 0 Å². The molecule has 5 heteroatoms. The standard InChI is InChI=1S/C11H12N2O3/c1-6-3-4-7(11(15-2)10(6)14)8-5-9(12)13-16-8/h3-5,14H,1-2H3,(H2,12,13). The van der Waals surface area contributed by atoms with Crippen LogP contribution < -0.4 is 10.5 Å². The lowest BCUT2D eigenvalue weighted by atomic mass is 10.1. The van der Waals surface area contributed by atoms with Crippen LogP contribution in [0, 0.1) is 6.92 Å². The Balaban J connectivity index is 2.61. The van der Waals surface area contributed by atoms with Crippen molar-refractivity contribution in [1.29, 1.82) is 0 Å². The first kappa shape index (κ1) is 10.4. The largest absolute Gasteiger partial charge is 0.504 e. The van der Waals surface area contributed by atoms with Crippen LogP contribution >= 0.6 is 0 Å². The maximum Gasteiger partial charge on any atom is 0.172 e. The van der Waals surface area contributed by atoms with E-state index in [9.17, 15) is 5.11 Å². The van der Waals surface area contributed by atoms with E-state index in [1.54, 1.807) is 25.1 Å². The molecule has 2 aromatic rings. The molecular formula is C11H12N2O3. The van der Waals surface area contributed by atoms with Crippen LogP contribution in [0.4, 0.5) is 5.82 Å². The molecule has 1 aromatic carbocycles. The quantitative estimate of drug-likeness (QED) is 0.808. The predicted octanol–water partition coefficient (Wildman–Crippen LogP) is 1.95. The molecule has 3 N–H and O–H groups in total. The summed E-state index contributed by atoms with van der Waals surface area (Å²) in [5, 5.41) is 13.4. The van der Waals surface area contributed by atoms with Gasteiger partial charge in [0.05, 0.1) is 12.7 Å². The SMILES string of the molecule is COc1c(-c2cc(N)no2)ccc(C)c1O. The number of nitrogen functional groups attached to an aromatic ring is 1. The molecule has 2 rings (SSSR count). The number of hydrogen-bond acceptors (Lipinski definition) is 5. The van der Waals surface area contributed by atoms with Crippen molar-refractivity contribution in [3.63, 3.8) is 0 Å². The number of hydrogen-bond donors (Lipinski definition) is 2. The van der Waals surface area contributed by atoms with Crippen molar-refractivity contribution in [3.8, 4) is 22.8 Å². The van der Waals surface area contributed by atoms with Gasteiger partial charge in [0.15, 0.2) is 23.1 Å². The van der Waals surface area contributed by atoms with Crippen molar-refractivity contribution in [2.75, 3.05) is 12.8 Å². The number of methoxy groups -OCH3 is 1. The van der Waals surface area contributed by atoms with E-state index in [1.807, 2.05) is 0 Å². The highest BCUT2D eigenvalue weighted by Crippen LogP contribution is 2.39. The number of phenols is 1.